The van der Waals surface area contributed by atoms with E-state index in [-0.39, 0.29) is 5.02 Å². The number of rotatable bonds is 5. The number of hydrogen-bond acceptors (Lipinski definition) is 1. The van der Waals surface area contributed by atoms with Crippen molar-refractivity contribution in [1.29, 1.82) is 0 Å². The number of benzene rings is 2. The fourth-order valence-electron chi connectivity index (χ4n) is 3.47. The number of nitrogens with zero attached hydrogens (tertiary/aromatic N) is 2. The highest BCUT2D eigenvalue weighted by atomic mass is 35.5. The van der Waals surface area contributed by atoms with E-state index in [2.05, 4.69) is 18.9 Å². The van der Waals surface area contributed by atoms with Crippen molar-refractivity contribution in [3.8, 4) is 16.8 Å². The van der Waals surface area contributed by atoms with Crippen molar-refractivity contribution < 1.29 is 13.2 Å². The van der Waals surface area contributed by atoms with Crippen LogP contribution in [0.2, 0.25) is 5.02 Å². The van der Waals surface area contributed by atoms with Crippen LogP contribution in [0.1, 0.15) is 49.4 Å². The van der Waals surface area contributed by atoms with Crippen LogP contribution in [0.4, 0.5) is 13.2 Å². The molecule has 0 N–H and O–H groups in total. The molecule has 0 saturated heterocycles. The van der Waals surface area contributed by atoms with Crippen molar-refractivity contribution in [1.82, 2.24) is 9.78 Å². The standard InChI is InChI=1S/C22H22ClF3N2/c1-4-15(5-2)18-8-6-17(13-21(18)28-11-10-14(3)27-28)16-7-9-20(23)19(12-16)22(24,25)26/h6-13,15H,4-5H2,1-3H3. The molecule has 0 spiro atoms. The van der Waals surface area contributed by atoms with Gasteiger partial charge in [0.05, 0.1) is 22.0 Å². The molecule has 0 aliphatic rings. The minimum Gasteiger partial charge on any atom is -0.240 e. The van der Waals surface area contributed by atoms with Gasteiger partial charge in [-0.15, -0.1) is 0 Å². The SMILES string of the molecule is CCC(CC)c1ccc(-c2ccc(Cl)c(C(F)(F)F)c2)cc1-n1ccc(C)n1. The lowest BCUT2D eigenvalue weighted by Gasteiger charge is -2.19. The number of halogens is 4. The maximum atomic E-state index is 13.3. The number of aromatic nitrogens is 2. The Morgan fingerprint density at radius 3 is 2.21 bits per heavy atom. The first-order valence-electron chi connectivity index (χ1n) is 9.28. The monoisotopic (exact) mass is 406 g/mol. The highest BCUT2D eigenvalue weighted by molar-refractivity contribution is 6.31. The van der Waals surface area contributed by atoms with E-state index >= 15 is 0 Å². The zero-order chi connectivity index (χ0) is 20.5. The first-order chi connectivity index (χ1) is 13.2. The highest BCUT2D eigenvalue weighted by Crippen LogP contribution is 2.38. The van der Waals surface area contributed by atoms with E-state index in [9.17, 15) is 13.2 Å². The maximum absolute atomic E-state index is 13.3. The van der Waals surface area contributed by atoms with Crippen LogP contribution in [0.5, 0.6) is 0 Å². The summed E-state index contributed by atoms with van der Waals surface area (Å²) in [5.74, 6) is 0.351. The van der Waals surface area contributed by atoms with Gasteiger partial charge in [-0.25, -0.2) is 4.68 Å². The molecule has 0 unspecified atom stereocenters. The van der Waals surface area contributed by atoms with E-state index in [1.54, 1.807) is 10.7 Å². The summed E-state index contributed by atoms with van der Waals surface area (Å²) in [6.07, 6.45) is -0.668. The van der Waals surface area contributed by atoms with Gasteiger partial charge in [0.2, 0.25) is 0 Å². The van der Waals surface area contributed by atoms with Crippen molar-refractivity contribution in [3.05, 3.63) is 70.5 Å². The molecule has 0 atom stereocenters. The molecule has 0 saturated carbocycles. The van der Waals surface area contributed by atoms with Crippen LogP contribution in [0.15, 0.2) is 48.7 Å². The molecule has 148 valence electrons. The summed E-state index contributed by atoms with van der Waals surface area (Å²) in [6.45, 7) is 6.18. The zero-order valence-corrected chi connectivity index (χ0v) is 16.8. The Balaban J connectivity index is 2.16. The van der Waals surface area contributed by atoms with Gasteiger partial charge in [0.1, 0.15) is 0 Å². The zero-order valence-electron chi connectivity index (χ0n) is 16.0. The Morgan fingerprint density at radius 1 is 1.00 bits per heavy atom. The molecule has 28 heavy (non-hydrogen) atoms. The van der Waals surface area contributed by atoms with Crippen LogP contribution >= 0.6 is 11.6 Å². The average molecular weight is 407 g/mol. The number of alkyl halides is 3. The third kappa shape index (κ3) is 4.09. The molecular formula is C22H22ClF3N2. The molecule has 6 heteroatoms. The van der Waals surface area contributed by atoms with Gasteiger partial charge >= 0.3 is 6.18 Å². The molecule has 0 aliphatic heterocycles. The van der Waals surface area contributed by atoms with Crippen LogP contribution in [0, 0.1) is 6.92 Å². The van der Waals surface area contributed by atoms with E-state index in [0.717, 1.165) is 35.9 Å². The minimum absolute atomic E-state index is 0.298. The maximum Gasteiger partial charge on any atom is 0.417 e. The second-order valence-electron chi connectivity index (χ2n) is 6.88. The summed E-state index contributed by atoms with van der Waals surface area (Å²) in [7, 11) is 0. The molecule has 3 rings (SSSR count). The predicted octanol–water partition coefficient (Wildman–Crippen LogP) is 7.42. The second-order valence-corrected chi connectivity index (χ2v) is 7.29. The van der Waals surface area contributed by atoms with Gasteiger partial charge in [-0.3, -0.25) is 0 Å². The van der Waals surface area contributed by atoms with Crippen molar-refractivity contribution in [2.45, 2.75) is 45.7 Å². The molecule has 3 aromatic rings. The summed E-state index contributed by atoms with van der Waals surface area (Å²) in [4.78, 5) is 0. The molecule has 0 aliphatic carbocycles. The third-order valence-corrected chi connectivity index (χ3v) is 5.36. The predicted molar refractivity (Wildman–Crippen MR) is 107 cm³/mol. The second kappa shape index (κ2) is 8.00. The van der Waals surface area contributed by atoms with Gasteiger partial charge in [-0.05, 0) is 66.6 Å². The molecule has 0 fully saturated rings. The van der Waals surface area contributed by atoms with Crippen LogP contribution < -0.4 is 0 Å². The molecule has 1 heterocycles. The first-order valence-corrected chi connectivity index (χ1v) is 9.66. The lowest BCUT2D eigenvalue weighted by Crippen LogP contribution is -2.07. The molecule has 1 aromatic heterocycles. The minimum atomic E-state index is -4.50. The number of aryl methyl sites for hydroxylation is 1. The third-order valence-electron chi connectivity index (χ3n) is 5.03. The van der Waals surface area contributed by atoms with Crippen LogP contribution in [0.3, 0.4) is 0 Å². The van der Waals surface area contributed by atoms with Gasteiger partial charge in [0, 0.05) is 6.20 Å². The lowest BCUT2D eigenvalue weighted by atomic mass is 9.90. The molecular weight excluding hydrogens is 385 g/mol. The molecule has 0 amide bonds. The Labute approximate surface area is 168 Å². The van der Waals surface area contributed by atoms with Gasteiger partial charge in [0.15, 0.2) is 0 Å². The van der Waals surface area contributed by atoms with E-state index in [1.807, 2.05) is 37.4 Å². The fourth-order valence-corrected chi connectivity index (χ4v) is 3.69. The molecule has 2 aromatic carbocycles. The Hall–Kier alpha value is -2.27. The molecule has 2 nitrogen and oxygen atoms in total. The van der Waals surface area contributed by atoms with E-state index in [1.165, 1.54) is 6.07 Å². The highest BCUT2D eigenvalue weighted by Gasteiger charge is 2.33. The van der Waals surface area contributed by atoms with Crippen molar-refractivity contribution >= 4 is 11.6 Å². The fraction of sp³-hybridized carbons (Fsp3) is 0.318. The van der Waals surface area contributed by atoms with Gasteiger partial charge in [-0.2, -0.15) is 18.3 Å². The van der Waals surface area contributed by atoms with Crippen LogP contribution in [-0.2, 0) is 6.18 Å². The lowest BCUT2D eigenvalue weighted by molar-refractivity contribution is -0.137. The van der Waals surface area contributed by atoms with Gasteiger partial charge < -0.3 is 0 Å². The normalized spacial score (nSPS) is 12.0. The summed E-state index contributed by atoms with van der Waals surface area (Å²) in [6, 6.07) is 11.7. The first kappa shape index (κ1) is 20.5. The summed E-state index contributed by atoms with van der Waals surface area (Å²) in [5.41, 5.74) is 3.25. The van der Waals surface area contributed by atoms with Crippen LogP contribution in [-0.4, -0.2) is 9.78 Å². The van der Waals surface area contributed by atoms with E-state index < -0.39 is 11.7 Å². The molecule has 0 bridgehead atoms. The summed E-state index contributed by atoms with van der Waals surface area (Å²) >= 11 is 5.77. The van der Waals surface area contributed by atoms with Gasteiger partial charge in [0.25, 0.3) is 0 Å². The Morgan fingerprint density at radius 2 is 1.64 bits per heavy atom. The summed E-state index contributed by atoms with van der Waals surface area (Å²) in [5, 5.41) is 4.22. The smallest absolute Gasteiger partial charge is 0.240 e. The van der Waals surface area contributed by atoms with E-state index in [4.69, 9.17) is 11.6 Å². The Bertz CT molecular complexity index is 972. The van der Waals surface area contributed by atoms with Crippen molar-refractivity contribution in [2.24, 2.45) is 0 Å². The summed E-state index contributed by atoms with van der Waals surface area (Å²) < 4.78 is 41.6. The number of hydrogen-bond donors (Lipinski definition) is 0. The largest absolute Gasteiger partial charge is 0.417 e. The van der Waals surface area contributed by atoms with Gasteiger partial charge in [-0.1, -0.05) is 43.6 Å². The van der Waals surface area contributed by atoms with Crippen LogP contribution in [0.25, 0.3) is 16.8 Å². The Kier molecular flexibility index (Phi) is 5.84. The quantitative estimate of drug-likeness (QED) is 0.431. The van der Waals surface area contributed by atoms with Crippen molar-refractivity contribution in [3.63, 3.8) is 0 Å². The average Bonchev–Trinajstić information content (AvgIpc) is 3.09. The topological polar surface area (TPSA) is 17.8 Å². The molecule has 0 radical (unpaired) electrons. The van der Waals surface area contributed by atoms with E-state index in [0.29, 0.717) is 17.0 Å². The van der Waals surface area contributed by atoms with Crippen molar-refractivity contribution in [2.75, 3.05) is 0 Å².